The van der Waals surface area contributed by atoms with Gasteiger partial charge in [0.25, 0.3) is 11.1 Å². The molecule has 0 spiro atoms. The fraction of sp³-hybridized carbons (Fsp3) is 0. The summed E-state index contributed by atoms with van der Waals surface area (Å²) in [6.07, 6.45) is 0. The number of para-hydroxylation sites is 2. The normalized spacial score (nSPS) is 12.7. The third-order valence-corrected chi connectivity index (χ3v) is 10.9. The number of hydrogen-bond acceptors (Lipinski definition) is 2. The van der Waals surface area contributed by atoms with Crippen molar-refractivity contribution in [2.45, 2.75) is 0 Å². The molecular weight excluding hydrogens is 603 g/mol. The van der Waals surface area contributed by atoms with Crippen LogP contribution in [0.1, 0.15) is 0 Å². The predicted octanol–water partition coefficient (Wildman–Crippen LogP) is 9.78. The smallest absolute Gasteiger partial charge is 0.283 e. The zero-order chi connectivity index (χ0) is 32.1. The van der Waals surface area contributed by atoms with E-state index in [1.54, 1.807) is 0 Å². The Hall–Kier alpha value is -6.72. The van der Waals surface area contributed by atoms with Gasteiger partial charge in [-0.2, -0.15) is 4.52 Å². The molecule has 4 aromatic heterocycles. The van der Waals surface area contributed by atoms with Crippen molar-refractivity contribution in [1.29, 1.82) is 0 Å². The Bertz CT molecular complexity index is 3500. The molecule has 0 aliphatic rings. The van der Waals surface area contributed by atoms with Crippen molar-refractivity contribution in [2.75, 3.05) is 0 Å². The van der Waals surface area contributed by atoms with Crippen LogP contribution in [0.3, 0.4) is 0 Å². The molecule has 49 heavy (non-hydrogen) atoms. The van der Waals surface area contributed by atoms with E-state index in [1.165, 1.54) is 31.4 Å². The van der Waals surface area contributed by atoms with Crippen LogP contribution in [0.25, 0.3) is 103 Å². The van der Waals surface area contributed by atoms with Gasteiger partial charge in [-0.05, 0) is 67.7 Å². The van der Waals surface area contributed by atoms with Crippen LogP contribution in [0.4, 0.5) is 0 Å². The highest BCUT2D eigenvalue weighted by atomic mass is 16.2. The minimum Gasteiger partial charge on any atom is -0.308 e. The van der Waals surface area contributed by atoms with Crippen molar-refractivity contribution in [1.82, 2.24) is 13.4 Å². The van der Waals surface area contributed by atoms with Gasteiger partial charge in [0.1, 0.15) is 0 Å². The van der Waals surface area contributed by atoms with Crippen LogP contribution in [0.15, 0.2) is 149 Å². The maximum absolute atomic E-state index is 14.6. The predicted molar refractivity (Wildman–Crippen MR) is 202 cm³/mol. The van der Waals surface area contributed by atoms with Crippen LogP contribution in [-0.2, 0) is 0 Å². The van der Waals surface area contributed by atoms with Gasteiger partial charge in [0.15, 0.2) is 0 Å². The maximum Gasteiger partial charge on any atom is 0.283 e. The largest absolute Gasteiger partial charge is 0.308 e. The van der Waals surface area contributed by atoms with Gasteiger partial charge in [0.2, 0.25) is 0 Å². The Labute approximate surface area is 276 Å². The molecule has 12 rings (SSSR count). The van der Waals surface area contributed by atoms with Gasteiger partial charge in [-0.25, -0.2) is 4.52 Å². The van der Waals surface area contributed by atoms with Crippen LogP contribution in [0, 0.1) is 0 Å². The fourth-order valence-electron chi connectivity index (χ4n) is 9.00. The van der Waals surface area contributed by atoms with E-state index in [2.05, 4.69) is 120 Å². The molecule has 0 atom stereocenters. The van der Waals surface area contributed by atoms with Crippen LogP contribution in [0.5, 0.6) is 0 Å². The van der Waals surface area contributed by atoms with E-state index >= 15 is 0 Å². The van der Waals surface area contributed by atoms with Gasteiger partial charge in [0.05, 0.1) is 38.4 Å². The molecule has 0 amide bonds. The molecular formula is C44H23N3O2. The van der Waals surface area contributed by atoms with E-state index < -0.39 is 0 Å². The highest BCUT2D eigenvalue weighted by Crippen LogP contribution is 2.43. The van der Waals surface area contributed by atoms with Gasteiger partial charge < -0.3 is 4.40 Å². The zero-order valence-electron chi connectivity index (χ0n) is 25.9. The number of fused-ring (bicyclic) bond motifs is 17. The number of rotatable bonds is 1. The van der Waals surface area contributed by atoms with Gasteiger partial charge in [0, 0.05) is 21.5 Å². The second kappa shape index (κ2) is 8.59. The van der Waals surface area contributed by atoms with Crippen molar-refractivity contribution in [3.8, 4) is 11.1 Å². The van der Waals surface area contributed by atoms with Gasteiger partial charge >= 0.3 is 0 Å². The molecule has 5 heteroatoms. The average Bonchev–Trinajstić information content (AvgIpc) is 3.85. The average molecular weight is 626 g/mol. The molecule has 8 aromatic carbocycles. The summed E-state index contributed by atoms with van der Waals surface area (Å²) in [5, 5.41) is 12.6. The summed E-state index contributed by atoms with van der Waals surface area (Å²) in [5.41, 5.74) is 5.88. The molecule has 0 bridgehead atoms. The second-order valence-electron chi connectivity index (χ2n) is 13.2. The summed E-state index contributed by atoms with van der Waals surface area (Å²) in [4.78, 5) is 28.9. The summed E-state index contributed by atoms with van der Waals surface area (Å²) in [6.45, 7) is 0. The molecule has 12 aromatic rings. The van der Waals surface area contributed by atoms with E-state index in [4.69, 9.17) is 0 Å². The molecule has 5 nitrogen and oxygen atoms in total. The first-order chi connectivity index (χ1) is 24.2. The van der Waals surface area contributed by atoms with Gasteiger partial charge in [-0.1, -0.05) is 115 Å². The van der Waals surface area contributed by atoms with E-state index in [-0.39, 0.29) is 11.1 Å². The lowest BCUT2D eigenvalue weighted by molar-refractivity contribution is 0.841. The standard InChI is InChI=1S/C44H23N3O2/c48-43-35-23-38-34(33-19-8-18-32-27-13-5-6-20-36(27)45(38)42(32)33)22-39(35)46-37-21-9-17-31(41(37)44(49)47(43)46)30-16-7-15-29-26-11-2-1-10-24(26)25-12-3-4-14-28(25)40(29)30/h1-23H. The molecule has 0 unspecified atom stereocenters. The first-order valence-electron chi connectivity index (χ1n) is 16.5. The Balaban J connectivity index is 1.23. The quantitative estimate of drug-likeness (QED) is 0.171. The molecule has 226 valence electrons. The Morgan fingerprint density at radius 3 is 1.59 bits per heavy atom. The summed E-state index contributed by atoms with van der Waals surface area (Å²) in [6, 6.07) is 48.2. The lowest BCUT2D eigenvalue weighted by Gasteiger charge is -2.14. The Kier molecular flexibility index (Phi) is 4.45. The van der Waals surface area contributed by atoms with Crippen molar-refractivity contribution < 1.29 is 0 Å². The van der Waals surface area contributed by atoms with Crippen LogP contribution in [0.2, 0.25) is 0 Å². The Morgan fingerprint density at radius 2 is 0.837 bits per heavy atom. The first-order valence-corrected chi connectivity index (χ1v) is 16.5. The molecule has 0 aliphatic carbocycles. The minimum absolute atomic E-state index is 0.303. The van der Waals surface area contributed by atoms with E-state index in [0.29, 0.717) is 10.8 Å². The molecule has 4 heterocycles. The van der Waals surface area contributed by atoms with E-state index in [0.717, 1.165) is 65.6 Å². The summed E-state index contributed by atoms with van der Waals surface area (Å²) < 4.78 is 5.44. The summed E-state index contributed by atoms with van der Waals surface area (Å²) in [7, 11) is 0. The van der Waals surface area contributed by atoms with E-state index in [9.17, 15) is 9.59 Å². The van der Waals surface area contributed by atoms with Crippen molar-refractivity contribution in [2.24, 2.45) is 0 Å². The lowest BCUT2D eigenvalue weighted by atomic mass is 9.89. The summed E-state index contributed by atoms with van der Waals surface area (Å²) >= 11 is 0. The molecule has 0 radical (unpaired) electrons. The number of aromatic nitrogens is 3. The SMILES string of the molecule is O=c1c2cc3c(cc2n2c4cccc(-c5cccc6c7ccccc7c7ccccc7c56)c4c(=O)n12)c1cccc2c4ccccc4n3c21. The maximum atomic E-state index is 14.6. The van der Waals surface area contributed by atoms with Crippen molar-refractivity contribution in [3.05, 3.63) is 160 Å². The molecule has 0 fully saturated rings. The Morgan fingerprint density at radius 1 is 0.327 bits per heavy atom. The second-order valence-corrected chi connectivity index (χ2v) is 13.2. The summed E-state index contributed by atoms with van der Waals surface area (Å²) in [5.74, 6) is 0. The van der Waals surface area contributed by atoms with Crippen LogP contribution >= 0.6 is 0 Å². The number of benzene rings is 8. The molecule has 0 N–H and O–H groups in total. The van der Waals surface area contributed by atoms with Crippen LogP contribution < -0.4 is 11.1 Å². The first kappa shape index (κ1) is 25.4. The van der Waals surface area contributed by atoms with Gasteiger partial charge in [-0.3, -0.25) is 9.59 Å². The number of hydrogen-bond donors (Lipinski definition) is 0. The van der Waals surface area contributed by atoms with Crippen molar-refractivity contribution in [3.63, 3.8) is 0 Å². The number of nitrogens with zero attached hydrogens (tertiary/aromatic N) is 3. The lowest BCUT2D eigenvalue weighted by Crippen LogP contribution is -2.21. The van der Waals surface area contributed by atoms with E-state index in [1.807, 2.05) is 28.8 Å². The highest BCUT2D eigenvalue weighted by Gasteiger charge is 2.24. The third-order valence-electron chi connectivity index (χ3n) is 10.9. The fourth-order valence-corrected chi connectivity index (χ4v) is 9.00. The van der Waals surface area contributed by atoms with Crippen LogP contribution in [-0.4, -0.2) is 13.4 Å². The molecule has 0 saturated carbocycles. The monoisotopic (exact) mass is 625 g/mol. The third kappa shape index (κ3) is 2.90. The molecule has 0 aliphatic heterocycles. The topological polar surface area (TPSA) is 47.4 Å². The zero-order valence-corrected chi connectivity index (χ0v) is 25.9. The van der Waals surface area contributed by atoms with Crippen molar-refractivity contribution >= 4 is 92.2 Å². The minimum atomic E-state index is -0.303. The molecule has 0 saturated heterocycles. The van der Waals surface area contributed by atoms with Gasteiger partial charge in [-0.15, -0.1) is 0 Å². The highest BCUT2D eigenvalue weighted by molar-refractivity contribution is 6.29.